The van der Waals surface area contributed by atoms with Crippen molar-refractivity contribution in [3.8, 4) is 5.75 Å². The highest BCUT2D eigenvalue weighted by Gasteiger charge is 2.35. The van der Waals surface area contributed by atoms with Gasteiger partial charge in [0.15, 0.2) is 0 Å². The van der Waals surface area contributed by atoms with Gasteiger partial charge < -0.3 is 9.84 Å². The van der Waals surface area contributed by atoms with Gasteiger partial charge in [0.25, 0.3) is 0 Å². The monoisotopic (exact) mass is 341 g/mol. The summed E-state index contributed by atoms with van der Waals surface area (Å²) >= 11 is 0. The number of benzene rings is 2. The topological polar surface area (TPSA) is 32.7 Å². The van der Waals surface area contributed by atoms with Crippen molar-refractivity contribution in [2.24, 2.45) is 5.92 Å². The van der Waals surface area contributed by atoms with Crippen molar-refractivity contribution in [3.63, 3.8) is 0 Å². The molecule has 0 radical (unpaired) electrons. The third-order valence-corrected chi connectivity index (χ3v) is 5.43. The quantitative estimate of drug-likeness (QED) is 0.760. The molecule has 3 nitrogen and oxygen atoms in total. The summed E-state index contributed by atoms with van der Waals surface area (Å²) in [5, 5.41) is 11.4. The Morgan fingerprint density at radius 3 is 2.36 bits per heavy atom. The van der Waals surface area contributed by atoms with E-state index in [-0.39, 0.29) is 5.92 Å². The van der Waals surface area contributed by atoms with Crippen molar-refractivity contribution in [2.75, 3.05) is 20.7 Å². The minimum atomic E-state index is -0.876. The second kappa shape index (κ2) is 8.50. The van der Waals surface area contributed by atoms with Crippen LogP contribution in [-0.2, 0) is 5.60 Å². The van der Waals surface area contributed by atoms with Gasteiger partial charge in [-0.2, -0.15) is 0 Å². The molecular formula is C22H31NO2. The van der Waals surface area contributed by atoms with Gasteiger partial charge >= 0.3 is 0 Å². The lowest BCUT2D eigenvalue weighted by Gasteiger charge is -2.38. The van der Waals surface area contributed by atoms with E-state index in [1.807, 2.05) is 37.3 Å². The molecule has 0 saturated carbocycles. The SMILES string of the molecule is CCC(O)(c1cccc(OC)c1)[C@@H](C)CN(C)[C@H](C)c1ccccc1. The van der Waals surface area contributed by atoms with Crippen LogP contribution in [0.5, 0.6) is 5.75 Å². The number of rotatable bonds is 8. The van der Waals surface area contributed by atoms with Crippen molar-refractivity contribution in [1.29, 1.82) is 0 Å². The molecule has 2 rings (SSSR count). The van der Waals surface area contributed by atoms with Crippen LogP contribution in [0.2, 0.25) is 0 Å². The highest BCUT2D eigenvalue weighted by molar-refractivity contribution is 5.33. The zero-order valence-corrected chi connectivity index (χ0v) is 16.1. The summed E-state index contributed by atoms with van der Waals surface area (Å²) in [6.45, 7) is 7.17. The molecule has 0 aliphatic rings. The van der Waals surface area contributed by atoms with Crippen LogP contribution in [0.4, 0.5) is 0 Å². The predicted molar refractivity (Wildman–Crippen MR) is 104 cm³/mol. The molecule has 25 heavy (non-hydrogen) atoms. The molecule has 1 N–H and O–H groups in total. The van der Waals surface area contributed by atoms with Crippen molar-refractivity contribution < 1.29 is 9.84 Å². The third-order valence-electron chi connectivity index (χ3n) is 5.43. The van der Waals surface area contributed by atoms with Crippen LogP contribution in [0.3, 0.4) is 0 Å². The van der Waals surface area contributed by atoms with E-state index < -0.39 is 5.60 Å². The van der Waals surface area contributed by atoms with E-state index in [1.165, 1.54) is 5.56 Å². The lowest BCUT2D eigenvalue weighted by Crippen LogP contribution is -2.40. The number of methoxy groups -OCH3 is 1. The van der Waals surface area contributed by atoms with Crippen LogP contribution < -0.4 is 4.74 Å². The number of ether oxygens (including phenoxy) is 1. The molecule has 0 saturated heterocycles. The van der Waals surface area contributed by atoms with Gasteiger partial charge in [-0.15, -0.1) is 0 Å². The average molecular weight is 341 g/mol. The molecule has 0 aliphatic carbocycles. The first-order valence-electron chi connectivity index (χ1n) is 9.04. The molecule has 3 atom stereocenters. The highest BCUT2D eigenvalue weighted by Crippen LogP contribution is 2.36. The van der Waals surface area contributed by atoms with E-state index >= 15 is 0 Å². The predicted octanol–water partition coefficient (Wildman–Crippen LogP) is 4.62. The summed E-state index contributed by atoms with van der Waals surface area (Å²) in [6.07, 6.45) is 0.662. The van der Waals surface area contributed by atoms with Gasteiger partial charge in [-0.25, -0.2) is 0 Å². The maximum atomic E-state index is 11.4. The first kappa shape index (κ1) is 19.5. The molecule has 0 spiro atoms. The molecule has 0 heterocycles. The van der Waals surface area contributed by atoms with Gasteiger partial charge in [0.1, 0.15) is 5.75 Å². The van der Waals surface area contributed by atoms with E-state index in [1.54, 1.807) is 7.11 Å². The Bertz CT molecular complexity index is 658. The first-order valence-corrected chi connectivity index (χ1v) is 9.04. The molecule has 1 unspecified atom stereocenters. The van der Waals surface area contributed by atoms with Crippen LogP contribution in [0.15, 0.2) is 54.6 Å². The van der Waals surface area contributed by atoms with Crippen molar-refractivity contribution >= 4 is 0 Å². The van der Waals surface area contributed by atoms with Crippen LogP contribution in [0.25, 0.3) is 0 Å². The van der Waals surface area contributed by atoms with Gasteiger partial charge in [0, 0.05) is 18.5 Å². The van der Waals surface area contributed by atoms with E-state index in [4.69, 9.17) is 4.74 Å². The number of aliphatic hydroxyl groups is 1. The summed E-state index contributed by atoms with van der Waals surface area (Å²) < 4.78 is 5.33. The van der Waals surface area contributed by atoms with Gasteiger partial charge in [-0.1, -0.05) is 56.3 Å². The zero-order chi connectivity index (χ0) is 18.4. The molecule has 0 amide bonds. The summed E-state index contributed by atoms with van der Waals surface area (Å²) in [5.74, 6) is 0.864. The third kappa shape index (κ3) is 4.42. The molecule has 0 fully saturated rings. The summed E-state index contributed by atoms with van der Waals surface area (Å²) in [6, 6.07) is 18.6. The molecule has 136 valence electrons. The van der Waals surface area contributed by atoms with Gasteiger partial charge in [0.2, 0.25) is 0 Å². The van der Waals surface area contributed by atoms with E-state index in [0.717, 1.165) is 17.9 Å². The van der Waals surface area contributed by atoms with Crippen molar-refractivity contribution in [2.45, 2.75) is 38.8 Å². The van der Waals surface area contributed by atoms with Crippen LogP contribution in [-0.4, -0.2) is 30.7 Å². The Morgan fingerprint density at radius 2 is 1.76 bits per heavy atom. The number of hydrogen-bond donors (Lipinski definition) is 1. The minimum Gasteiger partial charge on any atom is -0.497 e. The molecular weight excluding hydrogens is 310 g/mol. The van der Waals surface area contributed by atoms with E-state index in [2.05, 4.69) is 50.1 Å². The fraction of sp³-hybridized carbons (Fsp3) is 0.455. The molecule has 0 aliphatic heterocycles. The van der Waals surface area contributed by atoms with Crippen LogP contribution >= 0.6 is 0 Å². The Labute approximate surface area is 152 Å². The van der Waals surface area contributed by atoms with Crippen LogP contribution in [0, 0.1) is 5.92 Å². The fourth-order valence-corrected chi connectivity index (χ4v) is 3.46. The Morgan fingerprint density at radius 1 is 1.08 bits per heavy atom. The second-order valence-electron chi connectivity index (χ2n) is 6.94. The molecule has 0 aromatic heterocycles. The fourth-order valence-electron chi connectivity index (χ4n) is 3.46. The zero-order valence-electron chi connectivity index (χ0n) is 16.1. The summed E-state index contributed by atoms with van der Waals surface area (Å²) in [7, 11) is 3.78. The maximum Gasteiger partial charge on any atom is 0.119 e. The lowest BCUT2D eigenvalue weighted by molar-refractivity contribution is -0.0345. The van der Waals surface area contributed by atoms with E-state index in [0.29, 0.717) is 12.5 Å². The van der Waals surface area contributed by atoms with Gasteiger partial charge in [0.05, 0.1) is 12.7 Å². The molecule has 2 aromatic carbocycles. The van der Waals surface area contributed by atoms with Gasteiger partial charge in [-0.05, 0) is 43.7 Å². The molecule has 3 heteroatoms. The standard InChI is InChI=1S/C22H31NO2/c1-6-22(24,20-13-10-14-21(15-20)25-5)17(2)16-23(4)18(3)19-11-8-7-9-12-19/h7-15,17-18,24H,6,16H2,1-5H3/t17-,18+,22?/m0/s1. The highest BCUT2D eigenvalue weighted by atomic mass is 16.5. The normalized spacial score (nSPS) is 16.3. The Kier molecular flexibility index (Phi) is 6.63. The van der Waals surface area contributed by atoms with Crippen molar-refractivity contribution in [3.05, 3.63) is 65.7 Å². The Balaban J connectivity index is 2.16. The smallest absolute Gasteiger partial charge is 0.119 e. The minimum absolute atomic E-state index is 0.0840. The molecule has 0 bridgehead atoms. The van der Waals surface area contributed by atoms with Crippen molar-refractivity contribution in [1.82, 2.24) is 4.90 Å². The second-order valence-corrected chi connectivity index (χ2v) is 6.94. The summed E-state index contributed by atoms with van der Waals surface area (Å²) in [4.78, 5) is 2.31. The van der Waals surface area contributed by atoms with Gasteiger partial charge in [-0.3, -0.25) is 4.90 Å². The average Bonchev–Trinajstić information content (AvgIpc) is 2.67. The maximum absolute atomic E-state index is 11.4. The summed E-state index contributed by atoms with van der Waals surface area (Å²) in [5.41, 5.74) is 1.33. The Hall–Kier alpha value is -1.84. The number of nitrogens with zero attached hydrogens (tertiary/aromatic N) is 1. The van der Waals surface area contributed by atoms with Crippen LogP contribution in [0.1, 0.15) is 44.4 Å². The first-order chi connectivity index (χ1) is 11.9. The molecule has 2 aromatic rings. The largest absolute Gasteiger partial charge is 0.497 e. The van der Waals surface area contributed by atoms with E-state index in [9.17, 15) is 5.11 Å². The lowest BCUT2D eigenvalue weighted by atomic mass is 9.79. The number of hydrogen-bond acceptors (Lipinski definition) is 3.